The number of hydrogen-bond acceptors (Lipinski definition) is 5. The second-order valence-electron chi connectivity index (χ2n) is 6.13. The molecule has 6 nitrogen and oxygen atoms in total. The van der Waals surface area contributed by atoms with E-state index < -0.39 is 10.0 Å². The van der Waals surface area contributed by atoms with Crippen molar-refractivity contribution < 1.29 is 17.9 Å². The van der Waals surface area contributed by atoms with Crippen molar-refractivity contribution in [1.82, 2.24) is 4.83 Å². The number of sulfonamides is 1. The standard InChI is InChI=1S/C21H18BrClN2O4S/c1-28-20-11-4-16(12-21(20)29-14-15-2-5-17(22)6-3-15)13-24-25-30(26,27)19-9-7-18(23)8-10-19/h2-13,25H,14H2,1H3/b24-13-. The largest absolute Gasteiger partial charge is 0.493 e. The molecule has 0 heterocycles. The van der Waals surface area contributed by atoms with Gasteiger partial charge in [-0.05, 0) is 65.7 Å². The molecular formula is C21H18BrClN2O4S. The minimum Gasteiger partial charge on any atom is -0.493 e. The zero-order valence-electron chi connectivity index (χ0n) is 15.9. The summed E-state index contributed by atoms with van der Waals surface area (Å²) < 4.78 is 36.7. The van der Waals surface area contributed by atoms with E-state index in [2.05, 4.69) is 25.9 Å². The molecule has 30 heavy (non-hydrogen) atoms. The zero-order chi connectivity index (χ0) is 21.6. The van der Waals surface area contributed by atoms with Crippen LogP contribution in [-0.4, -0.2) is 21.7 Å². The van der Waals surface area contributed by atoms with Gasteiger partial charge in [0.15, 0.2) is 11.5 Å². The van der Waals surface area contributed by atoms with E-state index in [1.807, 2.05) is 24.3 Å². The lowest BCUT2D eigenvalue weighted by atomic mass is 10.2. The molecule has 3 aromatic carbocycles. The fourth-order valence-electron chi connectivity index (χ4n) is 2.46. The van der Waals surface area contributed by atoms with Gasteiger partial charge in [0.05, 0.1) is 18.2 Å². The summed E-state index contributed by atoms with van der Waals surface area (Å²) in [5.74, 6) is 1.08. The first-order chi connectivity index (χ1) is 14.4. The number of hydrogen-bond donors (Lipinski definition) is 1. The minimum atomic E-state index is -3.79. The number of hydrazone groups is 1. The highest BCUT2D eigenvalue weighted by molar-refractivity contribution is 9.10. The van der Waals surface area contributed by atoms with Crippen molar-refractivity contribution in [1.29, 1.82) is 0 Å². The van der Waals surface area contributed by atoms with Crippen molar-refractivity contribution >= 4 is 43.8 Å². The highest BCUT2D eigenvalue weighted by atomic mass is 79.9. The maximum atomic E-state index is 12.3. The third-order valence-corrected chi connectivity index (χ3v) is 6.02. The summed E-state index contributed by atoms with van der Waals surface area (Å²) >= 11 is 9.19. The molecule has 0 aliphatic rings. The number of nitrogens with zero attached hydrogens (tertiary/aromatic N) is 1. The molecule has 0 saturated carbocycles. The molecule has 1 N–H and O–H groups in total. The van der Waals surface area contributed by atoms with E-state index in [0.29, 0.717) is 28.7 Å². The molecule has 0 atom stereocenters. The van der Waals surface area contributed by atoms with Gasteiger partial charge in [0.25, 0.3) is 10.0 Å². The summed E-state index contributed by atoms with van der Waals surface area (Å²) in [6.45, 7) is 0.355. The van der Waals surface area contributed by atoms with Gasteiger partial charge in [0.2, 0.25) is 0 Å². The summed E-state index contributed by atoms with van der Waals surface area (Å²) in [5.41, 5.74) is 1.63. The lowest BCUT2D eigenvalue weighted by Crippen LogP contribution is -2.18. The van der Waals surface area contributed by atoms with E-state index in [0.717, 1.165) is 10.0 Å². The van der Waals surface area contributed by atoms with Gasteiger partial charge in [-0.25, -0.2) is 4.83 Å². The summed E-state index contributed by atoms with van der Waals surface area (Å²) in [6.07, 6.45) is 1.39. The van der Waals surface area contributed by atoms with E-state index >= 15 is 0 Å². The molecule has 0 amide bonds. The average molecular weight is 510 g/mol. The van der Waals surface area contributed by atoms with Crippen LogP contribution in [-0.2, 0) is 16.6 Å². The Bertz CT molecular complexity index is 1130. The molecule has 9 heteroatoms. The number of ether oxygens (including phenoxy) is 2. The topological polar surface area (TPSA) is 77.0 Å². The van der Waals surface area contributed by atoms with E-state index in [9.17, 15) is 8.42 Å². The Morgan fingerprint density at radius 2 is 1.73 bits per heavy atom. The Hall–Kier alpha value is -2.55. The summed E-state index contributed by atoms with van der Waals surface area (Å²) in [5, 5.41) is 4.29. The Balaban J connectivity index is 1.70. The molecule has 0 radical (unpaired) electrons. The van der Waals surface area contributed by atoms with Crippen LogP contribution in [0, 0.1) is 0 Å². The average Bonchev–Trinajstić information content (AvgIpc) is 2.73. The van der Waals surface area contributed by atoms with Gasteiger partial charge in [0.1, 0.15) is 6.61 Å². The first-order valence-electron chi connectivity index (χ1n) is 8.73. The van der Waals surface area contributed by atoms with Crippen molar-refractivity contribution in [3.05, 3.63) is 87.4 Å². The van der Waals surface area contributed by atoms with Crippen LogP contribution in [0.3, 0.4) is 0 Å². The fraction of sp³-hybridized carbons (Fsp3) is 0.0952. The molecule has 0 saturated heterocycles. The molecule has 3 rings (SSSR count). The van der Waals surface area contributed by atoms with Crippen LogP contribution in [0.2, 0.25) is 5.02 Å². The summed E-state index contributed by atoms with van der Waals surface area (Å²) in [4.78, 5) is 2.24. The first kappa shape index (κ1) is 22.1. The van der Waals surface area contributed by atoms with Crippen LogP contribution >= 0.6 is 27.5 Å². The van der Waals surface area contributed by atoms with E-state index in [1.165, 1.54) is 30.5 Å². The van der Waals surface area contributed by atoms with Crippen LogP contribution < -0.4 is 14.3 Å². The second kappa shape index (κ2) is 9.97. The van der Waals surface area contributed by atoms with Gasteiger partial charge in [-0.3, -0.25) is 0 Å². The van der Waals surface area contributed by atoms with Crippen LogP contribution in [0.5, 0.6) is 11.5 Å². The predicted octanol–water partition coefficient (Wildman–Crippen LogP) is 5.00. The maximum absolute atomic E-state index is 12.3. The number of methoxy groups -OCH3 is 1. The highest BCUT2D eigenvalue weighted by Crippen LogP contribution is 2.28. The molecule has 3 aromatic rings. The van der Waals surface area contributed by atoms with Crippen LogP contribution in [0.25, 0.3) is 0 Å². The number of rotatable bonds is 8. The Kier molecular flexibility index (Phi) is 7.36. The first-order valence-corrected chi connectivity index (χ1v) is 11.4. The van der Waals surface area contributed by atoms with E-state index in [-0.39, 0.29) is 4.90 Å². The molecule has 0 unspecified atom stereocenters. The highest BCUT2D eigenvalue weighted by Gasteiger charge is 2.12. The molecule has 0 aromatic heterocycles. The smallest absolute Gasteiger partial charge is 0.276 e. The summed E-state index contributed by atoms with van der Waals surface area (Å²) in [6, 6.07) is 18.8. The predicted molar refractivity (Wildman–Crippen MR) is 121 cm³/mol. The molecule has 0 bridgehead atoms. The number of benzene rings is 3. The van der Waals surface area contributed by atoms with Crippen LogP contribution in [0.1, 0.15) is 11.1 Å². The van der Waals surface area contributed by atoms with Crippen molar-refractivity contribution in [3.8, 4) is 11.5 Å². The zero-order valence-corrected chi connectivity index (χ0v) is 19.0. The molecule has 0 fully saturated rings. The lowest BCUT2D eigenvalue weighted by molar-refractivity contribution is 0.284. The number of nitrogens with one attached hydrogen (secondary N) is 1. The van der Waals surface area contributed by atoms with Crippen molar-refractivity contribution in [3.63, 3.8) is 0 Å². The molecule has 0 aliphatic carbocycles. The van der Waals surface area contributed by atoms with Crippen molar-refractivity contribution in [2.45, 2.75) is 11.5 Å². The van der Waals surface area contributed by atoms with Gasteiger partial charge in [-0.1, -0.05) is 39.7 Å². The van der Waals surface area contributed by atoms with Gasteiger partial charge < -0.3 is 9.47 Å². The van der Waals surface area contributed by atoms with Gasteiger partial charge in [-0.15, -0.1) is 0 Å². The minimum absolute atomic E-state index is 0.0669. The van der Waals surface area contributed by atoms with Gasteiger partial charge in [0, 0.05) is 9.50 Å². The third-order valence-electron chi connectivity index (χ3n) is 4.01. The lowest BCUT2D eigenvalue weighted by Gasteiger charge is -2.11. The van der Waals surface area contributed by atoms with Gasteiger partial charge in [-0.2, -0.15) is 13.5 Å². The fourth-order valence-corrected chi connectivity index (χ4v) is 3.65. The maximum Gasteiger partial charge on any atom is 0.276 e. The molecule has 0 spiro atoms. The SMILES string of the molecule is COc1ccc(/C=N\NS(=O)(=O)c2ccc(Cl)cc2)cc1OCc1ccc(Br)cc1. The van der Waals surface area contributed by atoms with Crippen molar-refractivity contribution in [2.24, 2.45) is 5.10 Å². The van der Waals surface area contributed by atoms with E-state index in [4.69, 9.17) is 21.1 Å². The number of halogens is 2. The monoisotopic (exact) mass is 508 g/mol. The Labute approximate surface area is 188 Å². The summed E-state index contributed by atoms with van der Waals surface area (Å²) in [7, 11) is -2.23. The van der Waals surface area contributed by atoms with E-state index in [1.54, 1.807) is 25.3 Å². The quantitative estimate of drug-likeness (QED) is 0.342. The molecule has 156 valence electrons. The van der Waals surface area contributed by atoms with Crippen molar-refractivity contribution in [2.75, 3.05) is 7.11 Å². The van der Waals surface area contributed by atoms with Crippen LogP contribution in [0.15, 0.2) is 81.2 Å². The molecular weight excluding hydrogens is 492 g/mol. The van der Waals surface area contributed by atoms with Crippen LogP contribution in [0.4, 0.5) is 0 Å². The Morgan fingerprint density at radius 3 is 2.40 bits per heavy atom. The molecule has 0 aliphatic heterocycles. The Morgan fingerprint density at radius 1 is 1.03 bits per heavy atom. The normalized spacial score (nSPS) is 11.4. The second-order valence-corrected chi connectivity index (χ2v) is 9.15. The third kappa shape index (κ3) is 5.98. The van der Waals surface area contributed by atoms with Gasteiger partial charge >= 0.3 is 0 Å².